The van der Waals surface area contributed by atoms with E-state index in [2.05, 4.69) is 5.32 Å². The average Bonchev–Trinajstić information content (AvgIpc) is 2.80. The van der Waals surface area contributed by atoms with Crippen molar-refractivity contribution >= 4 is 5.69 Å². The Balaban J connectivity index is 2.00. The highest BCUT2D eigenvalue weighted by molar-refractivity contribution is 5.70. The Kier molecular flexibility index (Phi) is 8.33. The minimum Gasteiger partial charge on any atom is -0.396 e. The second kappa shape index (κ2) is 10.9. The van der Waals surface area contributed by atoms with Crippen molar-refractivity contribution in [1.82, 2.24) is 0 Å². The highest BCUT2D eigenvalue weighted by Crippen LogP contribution is 2.36. The molecule has 0 amide bonds. The van der Waals surface area contributed by atoms with Crippen molar-refractivity contribution in [3.8, 4) is 11.1 Å². The normalized spacial score (nSPS) is 13.2. The molecule has 0 spiro atoms. The van der Waals surface area contributed by atoms with Gasteiger partial charge in [0, 0.05) is 24.8 Å². The standard InChI is InChI=1S/C27H26F7NO/c1-16(2)9-21(15-36)20-10-19(17-3-6-22(7-4-17)26(29,30)31)11-24(12-20)35-14-18-5-8-23(28)13-25(18)27(32,33)34/h3-8,10-13,16,21,35-36H,9,14-15H2,1-2H3. The van der Waals surface area contributed by atoms with Gasteiger partial charge in [-0.1, -0.05) is 38.1 Å². The van der Waals surface area contributed by atoms with E-state index in [1.807, 2.05) is 13.8 Å². The summed E-state index contributed by atoms with van der Waals surface area (Å²) >= 11 is 0. The van der Waals surface area contributed by atoms with E-state index in [1.54, 1.807) is 18.2 Å². The summed E-state index contributed by atoms with van der Waals surface area (Å²) in [6, 6.07) is 12.1. The second-order valence-electron chi connectivity index (χ2n) is 9.08. The fourth-order valence-corrected chi connectivity index (χ4v) is 4.06. The largest absolute Gasteiger partial charge is 0.416 e. The molecule has 0 aliphatic rings. The Morgan fingerprint density at radius 2 is 1.47 bits per heavy atom. The van der Waals surface area contributed by atoms with Gasteiger partial charge in [0.05, 0.1) is 11.1 Å². The lowest BCUT2D eigenvalue weighted by molar-refractivity contribution is -0.138. The van der Waals surface area contributed by atoms with Gasteiger partial charge in [-0.3, -0.25) is 0 Å². The van der Waals surface area contributed by atoms with Gasteiger partial charge in [0.1, 0.15) is 5.82 Å². The first-order valence-corrected chi connectivity index (χ1v) is 11.3. The van der Waals surface area contributed by atoms with E-state index in [-0.39, 0.29) is 30.6 Å². The molecule has 9 heteroatoms. The maximum absolute atomic E-state index is 13.5. The zero-order chi connectivity index (χ0) is 26.7. The number of hydrogen-bond donors (Lipinski definition) is 2. The monoisotopic (exact) mass is 513 g/mol. The molecule has 3 rings (SSSR count). The first-order valence-electron chi connectivity index (χ1n) is 11.3. The Bertz CT molecular complexity index is 1170. The number of anilines is 1. The number of aliphatic hydroxyl groups is 1. The first-order chi connectivity index (χ1) is 16.8. The topological polar surface area (TPSA) is 32.3 Å². The van der Waals surface area contributed by atoms with Crippen LogP contribution >= 0.6 is 0 Å². The van der Waals surface area contributed by atoms with Gasteiger partial charge in [-0.05, 0) is 71.0 Å². The summed E-state index contributed by atoms with van der Waals surface area (Å²) in [7, 11) is 0. The van der Waals surface area contributed by atoms with Crippen LogP contribution in [0.5, 0.6) is 0 Å². The van der Waals surface area contributed by atoms with Crippen LogP contribution in [0.4, 0.5) is 36.4 Å². The Morgan fingerprint density at radius 1 is 0.806 bits per heavy atom. The minimum absolute atomic E-state index is 0.161. The van der Waals surface area contributed by atoms with Gasteiger partial charge < -0.3 is 10.4 Å². The molecule has 0 saturated carbocycles. The van der Waals surface area contributed by atoms with Crippen LogP contribution in [0.15, 0.2) is 60.7 Å². The van der Waals surface area contributed by atoms with Crippen LogP contribution < -0.4 is 5.32 Å². The van der Waals surface area contributed by atoms with Crippen molar-refractivity contribution < 1.29 is 35.8 Å². The van der Waals surface area contributed by atoms with E-state index in [9.17, 15) is 35.8 Å². The van der Waals surface area contributed by atoms with Crippen LogP contribution in [0.3, 0.4) is 0 Å². The van der Waals surface area contributed by atoms with Crippen molar-refractivity contribution in [1.29, 1.82) is 0 Å². The van der Waals surface area contributed by atoms with Crippen molar-refractivity contribution in [2.45, 2.75) is 45.1 Å². The van der Waals surface area contributed by atoms with Gasteiger partial charge in [-0.25, -0.2) is 4.39 Å². The molecule has 0 aliphatic carbocycles. The number of nitrogens with one attached hydrogen (secondary N) is 1. The molecule has 1 unspecified atom stereocenters. The molecule has 3 aromatic rings. The van der Waals surface area contributed by atoms with E-state index in [0.29, 0.717) is 34.9 Å². The van der Waals surface area contributed by atoms with Gasteiger partial charge in [0.15, 0.2) is 0 Å². The molecule has 2 nitrogen and oxygen atoms in total. The zero-order valence-electron chi connectivity index (χ0n) is 19.6. The van der Waals surface area contributed by atoms with E-state index >= 15 is 0 Å². The minimum atomic E-state index is -4.74. The molecule has 0 aliphatic heterocycles. The van der Waals surface area contributed by atoms with Gasteiger partial charge in [0.25, 0.3) is 0 Å². The number of alkyl halides is 6. The SMILES string of the molecule is CC(C)CC(CO)c1cc(NCc2ccc(F)cc2C(F)(F)F)cc(-c2ccc(C(F)(F)F)cc2)c1. The zero-order valence-corrected chi connectivity index (χ0v) is 19.6. The van der Waals surface area contributed by atoms with Crippen LogP contribution in [0, 0.1) is 11.7 Å². The average molecular weight is 513 g/mol. The third kappa shape index (κ3) is 7.00. The Morgan fingerprint density at radius 3 is 2.03 bits per heavy atom. The second-order valence-corrected chi connectivity index (χ2v) is 9.08. The van der Waals surface area contributed by atoms with Crippen LogP contribution in [-0.2, 0) is 18.9 Å². The van der Waals surface area contributed by atoms with Crippen LogP contribution in [0.1, 0.15) is 48.4 Å². The molecular formula is C27H26F7NO. The van der Waals surface area contributed by atoms with Crippen molar-refractivity contribution in [3.63, 3.8) is 0 Å². The quantitative estimate of drug-likeness (QED) is 0.297. The number of benzene rings is 3. The Labute approximate surface area is 204 Å². The molecule has 0 radical (unpaired) electrons. The van der Waals surface area contributed by atoms with Gasteiger partial charge >= 0.3 is 12.4 Å². The van der Waals surface area contributed by atoms with Crippen molar-refractivity contribution in [2.24, 2.45) is 5.92 Å². The number of aliphatic hydroxyl groups excluding tert-OH is 1. The predicted octanol–water partition coefficient (Wildman–Crippen LogP) is 8.26. The van der Waals surface area contributed by atoms with Crippen molar-refractivity contribution in [2.75, 3.05) is 11.9 Å². The van der Waals surface area contributed by atoms with Crippen LogP contribution in [0.25, 0.3) is 11.1 Å². The highest BCUT2D eigenvalue weighted by atomic mass is 19.4. The van der Waals surface area contributed by atoms with Crippen LogP contribution in [-0.4, -0.2) is 11.7 Å². The lowest BCUT2D eigenvalue weighted by atomic mass is 9.88. The van der Waals surface area contributed by atoms with E-state index in [1.165, 1.54) is 12.1 Å². The van der Waals surface area contributed by atoms with Crippen LogP contribution in [0.2, 0.25) is 0 Å². The molecule has 194 valence electrons. The maximum Gasteiger partial charge on any atom is 0.416 e. The summed E-state index contributed by atoms with van der Waals surface area (Å²) in [5.41, 5.74) is 0.0782. The highest BCUT2D eigenvalue weighted by Gasteiger charge is 2.33. The van der Waals surface area contributed by atoms with Gasteiger partial charge in [-0.15, -0.1) is 0 Å². The first kappa shape index (κ1) is 27.5. The fourth-order valence-electron chi connectivity index (χ4n) is 4.06. The number of hydrogen-bond acceptors (Lipinski definition) is 2. The predicted molar refractivity (Wildman–Crippen MR) is 125 cm³/mol. The van der Waals surface area contributed by atoms with Crippen molar-refractivity contribution in [3.05, 3.63) is 88.7 Å². The summed E-state index contributed by atoms with van der Waals surface area (Å²) in [5.74, 6) is -1.05. The number of rotatable bonds is 8. The molecule has 1 atom stereocenters. The van der Waals surface area contributed by atoms with E-state index < -0.39 is 29.3 Å². The lowest BCUT2D eigenvalue weighted by Crippen LogP contribution is -2.13. The lowest BCUT2D eigenvalue weighted by Gasteiger charge is -2.20. The summed E-state index contributed by atoms with van der Waals surface area (Å²) in [6.45, 7) is 3.52. The third-order valence-electron chi connectivity index (χ3n) is 5.81. The summed E-state index contributed by atoms with van der Waals surface area (Å²) in [6.07, 6.45) is -8.61. The molecule has 0 bridgehead atoms. The molecule has 0 aromatic heterocycles. The molecule has 0 saturated heterocycles. The molecule has 36 heavy (non-hydrogen) atoms. The third-order valence-corrected chi connectivity index (χ3v) is 5.81. The summed E-state index contributed by atoms with van der Waals surface area (Å²) in [5, 5.41) is 12.9. The Hall–Kier alpha value is -3.07. The molecular weight excluding hydrogens is 487 g/mol. The molecule has 0 fully saturated rings. The van der Waals surface area contributed by atoms with Gasteiger partial charge in [-0.2, -0.15) is 26.3 Å². The van der Waals surface area contributed by atoms with Gasteiger partial charge in [0.2, 0.25) is 0 Å². The smallest absolute Gasteiger partial charge is 0.396 e. The van der Waals surface area contributed by atoms with E-state index in [0.717, 1.165) is 24.3 Å². The summed E-state index contributed by atoms with van der Waals surface area (Å²) < 4.78 is 92.6. The molecule has 2 N–H and O–H groups in total. The number of halogens is 7. The van der Waals surface area contributed by atoms with E-state index in [4.69, 9.17) is 0 Å². The molecule has 0 heterocycles. The summed E-state index contributed by atoms with van der Waals surface area (Å²) in [4.78, 5) is 0. The molecule has 3 aromatic carbocycles. The fraction of sp³-hybridized carbons (Fsp3) is 0.333. The maximum atomic E-state index is 13.5.